The Bertz CT molecular complexity index is 1340. The first kappa shape index (κ1) is 22.9. The van der Waals surface area contributed by atoms with Gasteiger partial charge in [-0.3, -0.25) is 14.5 Å². The maximum Gasteiger partial charge on any atom is 0.337 e. The molecule has 2 amide bonds. The van der Waals surface area contributed by atoms with Gasteiger partial charge in [-0.2, -0.15) is 0 Å². The van der Waals surface area contributed by atoms with Gasteiger partial charge < -0.3 is 9.67 Å². The molecule has 0 radical (unpaired) electrons. The zero-order valence-corrected chi connectivity index (χ0v) is 19.8. The van der Waals surface area contributed by atoms with Crippen LogP contribution in [-0.4, -0.2) is 31.7 Å². The second kappa shape index (κ2) is 8.92. The molecule has 2 aromatic carbocycles. The highest BCUT2D eigenvalue weighted by atomic mass is 35.5. The number of imide groups is 1. The monoisotopic (exact) mass is 480 g/mol. The Morgan fingerprint density at radius 1 is 1.09 bits per heavy atom. The van der Waals surface area contributed by atoms with E-state index in [4.69, 9.17) is 11.6 Å². The van der Waals surface area contributed by atoms with Crippen LogP contribution in [0.5, 0.6) is 0 Å². The zero-order valence-electron chi connectivity index (χ0n) is 18.3. The zero-order chi connectivity index (χ0) is 23.9. The van der Waals surface area contributed by atoms with Crippen LogP contribution in [-0.2, 0) is 11.3 Å². The molecule has 0 spiro atoms. The maximum absolute atomic E-state index is 13.0. The molecule has 0 aliphatic carbocycles. The molecule has 3 aromatic rings. The number of thioether (sulfide) groups is 1. The molecule has 1 aliphatic heterocycles. The second-order valence-electron chi connectivity index (χ2n) is 7.83. The summed E-state index contributed by atoms with van der Waals surface area (Å²) < 4.78 is 1.90. The van der Waals surface area contributed by atoms with Crippen molar-refractivity contribution in [2.24, 2.45) is 0 Å². The van der Waals surface area contributed by atoms with E-state index in [1.54, 1.807) is 18.2 Å². The van der Waals surface area contributed by atoms with E-state index in [-0.39, 0.29) is 28.3 Å². The largest absolute Gasteiger partial charge is 0.478 e. The van der Waals surface area contributed by atoms with Crippen LogP contribution in [0, 0.1) is 20.8 Å². The van der Waals surface area contributed by atoms with Crippen LogP contribution in [0.1, 0.15) is 38.4 Å². The fourth-order valence-electron chi connectivity index (χ4n) is 3.88. The summed E-state index contributed by atoms with van der Waals surface area (Å²) in [7, 11) is 0. The molecule has 6 nitrogen and oxygen atoms in total. The topological polar surface area (TPSA) is 79.6 Å². The number of hydrogen-bond donors (Lipinski definition) is 1. The number of aromatic nitrogens is 1. The average molecular weight is 481 g/mol. The van der Waals surface area contributed by atoms with Gasteiger partial charge in [0.15, 0.2) is 0 Å². The van der Waals surface area contributed by atoms with Gasteiger partial charge in [-0.25, -0.2) is 4.79 Å². The number of amides is 2. The van der Waals surface area contributed by atoms with Gasteiger partial charge in [0, 0.05) is 17.1 Å². The minimum Gasteiger partial charge on any atom is -0.478 e. The van der Waals surface area contributed by atoms with Crippen LogP contribution < -0.4 is 0 Å². The van der Waals surface area contributed by atoms with E-state index in [2.05, 4.69) is 0 Å². The summed E-state index contributed by atoms with van der Waals surface area (Å²) in [5, 5.41) is 9.26. The first-order chi connectivity index (χ1) is 15.7. The lowest BCUT2D eigenvalue weighted by atomic mass is 10.1. The number of halogens is 1. The SMILES string of the molecule is Cc1ccccc1CN1C(=O)S/C(=C\c2cc(C)n(-c3ccc(Cl)c(C(=O)O)c3)c2C)C1=O. The van der Waals surface area contributed by atoms with Gasteiger partial charge in [0.2, 0.25) is 0 Å². The molecule has 0 saturated carbocycles. The van der Waals surface area contributed by atoms with Crippen molar-refractivity contribution < 1.29 is 19.5 Å². The molecule has 4 rings (SSSR count). The van der Waals surface area contributed by atoms with Crippen LogP contribution in [0.15, 0.2) is 53.4 Å². The summed E-state index contributed by atoms with van der Waals surface area (Å²) >= 11 is 6.94. The van der Waals surface area contributed by atoms with E-state index in [0.29, 0.717) is 10.6 Å². The van der Waals surface area contributed by atoms with E-state index >= 15 is 0 Å². The van der Waals surface area contributed by atoms with Crippen LogP contribution in [0.2, 0.25) is 5.02 Å². The summed E-state index contributed by atoms with van der Waals surface area (Å²) in [4.78, 5) is 38.7. The summed E-state index contributed by atoms with van der Waals surface area (Å²) in [5.41, 5.74) is 5.07. The summed E-state index contributed by atoms with van der Waals surface area (Å²) in [5.74, 6) is -1.43. The molecule has 168 valence electrons. The quantitative estimate of drug-likeness (QED) is 0.453. The van der Waals surface area contributed by atoms with Crippen molar-refractivity contribution in [1.82, 2.24) is 9.47 Å². The number of aromatic carboxylic acids is 1. The average Bonchev–Trinajstić information content (AvgIpc) is 3.19. The number of rotatable bonds is 5. The van der Waals surface area contributed by atoms with Crippen molar-refractivity contribution in [2.45, 2.75) is 27.3 Å². The molecule has 0 bridgehead atoms. The van der Waals surface area contributed by atoms with Crippen molar-refractivity contribution in [3.63, 3.8) is 0 Å². The normalized spacial score (nSPS) is 15.0. The van der Waals surface area contributed by atoms with Crippen molar-refractivity contribution in [2.75, 3.05) is 0 Å². The third-order valence-electron chi connectivity index (χ3n) is 5.66. The van der Waals surface area contributed by atoms with Gasteiger partial charge in [0.05, 0.1) is 22.0 Å². The number of carbonyl (C=O) groups is 3. The minimum absolute atomic E-state index is 0.0144. The molecule has 1 saturated heterocycles. The van der Waals surface area contributed by atoms with Crippen LogP contribution in [0.25, 0.3) is 11.8 Å². The van der Waals surface area contributed by atoms with Crippen molar-refractivity contribution in [3.05, 3.63) is 92.1 Å². The Hall–Kier alpha value is -3.29. The van der Waals surface area contributed by atoms with Gasteiger partial charge in [0.1, 0.15) is 0 Å². The van der Waals surface area contributed by atoms with E-state index in [1.807, 2.05) is 55.7 Å². The first-order valence-corrected chi connectivity index (χ1v) is 11.4. The van der Waals surface area contributed by atoms with E-state index in [0.717, 1.165) is 39.8 Å². The Morgan fingerprint density at radius 3 is 2.52 bits per heavy atom. The first-order valence-electron chi connectivity index (χ1n) is 10.2. The van der Waals surface area contributed by atoms with E-state index in [9.17, 15) is 19.5 Å². The number of hydrogen-bond acceptors (Lipinski definition) is 4. The van der Waals surface area contributed by atoms with Crippen molar-refractivity contribution in [1.29, 1.82) is 0 Å². The Labute approximate surface area is 200 Å². The molecule has 0 unspecified atom stereocenters. The van der Waals surface area contributed by atoms with Gasteiger partial charge in [-0.05, 0) is 79.6 Å². The Morgan fingerprint density at radius 2 is 1.82 bits per heavy atom. The lowest BCUT2D eigenvalue weighted by Gasteiger charge is -2.14. The van der Waals surface area contributed by atoms with Gasteiger partial charge in [-0.1, -0.05) is 35.9 Å². The molecule has 33 heavy (non-hydrogen) atoms. The lowest BCUT2D eigenvalue weighted by molar-refractivity contribution is -0.123. The number of nitrogens with zero attached hydrogens (tertiary/aromatic N) is 2. The molecule has 1 aromatic heterocycles. The fraction of sp³-hybridized carbons (Fsp3) is 0.160. The number of carboxylic acids is 1. The minimum atomic E-state index is -1.10. The number of carboxylic acid groups (broad SMARTS) is 1. The molecule has 1 aliphatic rings. The van der Waals surface area contributed by atoms with Gasteiger partial charge in [0.25, 0.3) is 11.1 Å². The van der Waals surface area contributed by atoms with Gasteiger partial charge in [-0.15, -0.1) is 0 Å². The number of benzene rings is 2. The van der Waals surface area contributed by atoms with Crippen molar-refractivity contribution >= 4 is 46.6 Å². The Balaban J connectivity index is 1.66. The molecule has 1 fully saturated rings. The second-order valence-corrected chi connectivity index (χ2v) is 9.23. The smallest absolute Gasteiger partial charge is 0.337 e. The molecule has 8 heteroatoms. The predicted octanol–water partition coefficient (Wildman–Crippen LogP) is 5.99. The molecule has 2 heterocycles. The molecule has 1 N–H and O–H groups in total. The number of carbonyl (C=O) groups excluding carboxylic acids is 2. The van der Waals surface area contributed by atoms with Crippen LogP contribution in [0.3, 0.4) is 0 Å². The van der Waals surface area contributed by atoms with Crippen LogP contribution in [0.4, 0.5) is 4.79 Å². The summed E-state index contributed by atoms with van der Waals surface area (Å²) in [6, 6.07) is 14.4. The maximum atomic E-state index is 13.0. The molecule has 0 atom stereocenters. The highest BCUT2D eigenvalue weighted by molar-refractivity contribution is 8.18. The highest BCUT2D eigenvalue weighted by Gasteiger charge is 2.35. The van der Waals surface area contributed by atoms with E-state index < -0.39 is 5.97 Å². The van der Waals surface area contributed by atoms with Crippen LogP contribution >= 0.6 is 23.4 Å². The third kappa shape index (κ3) is 4.34. The van der Waals surface area contributed by atoms with Gasteiger partial charge >= 0.3 is 5.97 Å². The predicted molar refractivity (Wildman–Crippen MR) is 130 cm³/mol. The molecular weight excluding hydrogens is 460 g/mol. The van der Waals surface area contributed by atoms with Crippen molar-refractivity contribution in [3.8, 4) is 5.69 Å². The standard InChI is InChI=1S/C25H21ClN2O4S/c1-14-6-4-5-7-17(14)13-27-23(29)22(33-25(27)32)11-18-10-15(2)28(16(18)3)19-8-9-21(26)20(12-19)24(30)31/h4-12H,13H2,1-3H3,(H,30,31)/b22-11-. The fourth-order valence-corrected chi connectivity index (χ4v) is 4.91. The summed E-state index contributed by atoms with van der Waals surface area (Å²) in [6.07, 6.45) is 1.72. The van der Waals surface area contributed by atoms with E-state index in [1.165, 1.54) is 11.0 Å². The summed E-state index contributed by atoms with van der Waals surface area (Å²) in [6.45, 7) is 5.96. The number of aryl methyl sites for hydroxylation is 2. The molecular formula is C25H21ClN2O4S. The third-order valence-corrected chi connectivity index (χ3v) is 6.90. The highest BCUT2D eigenvalue weighted by Crippen LogP contribution is 2.35. The lowest BCUT2D eigenvalue weighted by Crippen LogP contribution is -2.27. The Kier molecular flexibility index (Phi) is 6.19.